The van der Waals surface area contributed by atoms with Crippen LogP contribution in [0.1, 0.15) is 29.2 Å². The van der Waals surface area contributed by atoms with Gasteiger partial charge in [-0.15, -0.1) is 11.3 Å². The molecule has 0 bridgehead atoms. The number of aryl methyl sites for hydroxylation is 1. The summed E-state index contributed by atoms with van der Waals surface area (Å²) in [5.41, 5.74) is 1.98. The summed E-state index contributed by atoms with van der Waals surface area (Å²) in [6.45, 7) is 4.87. The molecule has 0 aliphatic carbocycles. The highest BCUT2D eigenvalue weighted by molar-refractivity contribution is 9.10. The van der Waals surface area contributed by atoms with Crippen molar-refractivity contribution in [2.45, 2.75) is 26.3 Å². The van der Waals surface area contributed by atoms with Crippen LogP contribution in [0.15, 0.2) is 28.1 Å². The molecule has 1 heterocycles. The molecule has 0 saturated carbocycles. The Morgan fingerprint density at radius 2 is 2.26 bits per heavy atom. The van der Waals surface area contributed by atoms with Crippen LogP contribution in [-0.2, 0) is 6.42 Å². The van der Waals surface area contributed by atoms with Crippen molar-refractivity contribution < 1.29 is 4.39 Å². The summed E-state index contributed by atoms with van der Waals surface area (Å²) in [7, 11) is 0. The Morgan fingerprint density at radius 1 is 1.47 bits per heavy atom. The van der Waals surface area contributed by atoms with Gasteiger partial charge in [-0.1, -0.05) is 19.1 Å². The average molecular weight is 343 g/mol. The highest BCUT2D eigenvalue weighted by atomic mass is 79.9. The first-order valence-corrected chi connectivity index (χ1v) is 7.87. The van der Waals surface area contributed by atoms with Gasteiger partial charge in [0, 0.05) is 17.8 Å². The normalized spacial score (nSPS) is 12.6. The van der Waals surface area contributed by atoms with Crippen molar-refractivity contribution in [1.29, 1.82) is 0 Å². The van der Waals surface area contributed by atoms with Crippen molar-refractivity contribution in [1.82, 2.24) is 10.3 Å². The van der Waals surface area contributed by atoms with E-state index >= 15 is 0 Å². The third kappa shape index (κ3) is 3.61. The molecule has 0 aliphatic heterocycles. The number of thiazole rings is 1. The Morgan fingerprint density at radius 3 is 2.89 bits per heavy atom. The van der Waals surface area contributed by atoms with Gasteiger partial charge in [-0.3, -0.25) is 0 Å². The van der Waals surface area contributed by atoms with Gasteiger partial charge in [0.2, 0.25) is 0 Å². The van der Waals surface area contributed by atoms with Crippen LogP contribution in [0.5, 0.6) is 0 Å². The number of hydrogen-bond acceptors (Lipinski definition) is 3. The number of rotatable bonds is 5. The van der Waals surface area contributed by atoms with E-state index in [1.807, 2.05) is 19.9 Å². The Labute approximate surface area is 125 Å². The maximum absolute atomic E-state index is 13.6. The molecule has 1 N–H and O–H groups in total. The summed E-state index contributed by atoms with van der Waals surface area (Å²) in [5, 5.41) is 6.51. The van der Waals surface area contributed by atoms with Gasteiger partial charge in [0.1, 0.15) is 5.82 Å². The molecule has 0 radical (unpaired) electrons. The van der Waals surface area contributed by atoms with E-state index in [2.05, 4.69) is 31.6 Å². The number of hydrogen-bond donors (Lipinski definition) is 1. The fourth-order valence-electron chi connectivity index (χ4n) is 2.04. The highest BCUT2D eigenvalue weighted by Gasteiger charge is 2.17. The standard InChI is InChI=1S/C14H16BrFN2S/c1-3-17-13(7-10-8-19-9(2)18-10)11-5-4-6-12(16)14(11)15/h4-6,8,13,17H,3,7H2,1-2H3. The van der Waals surface area contributed by atoms with Gasteiger partial charge in [0.05, 0.1) is 15.2 Å². The highest BCUT2D eigenvalue weighted by Crippen LogP contribution is 2.28. The lowest BCUT2D eigenvalue weighted by Gasteiger charge is -2.19. The van der Waals surface area contributed by atoms with Gasteiger partial charge < -0.3 is 5.32 Å². The molecule has 1 unspecified atom stereocenters. The van der Waals surface area contributed by atoms with Crippen LogP contribution >= 0.6 is 27.3 Å². The zero-order chi connectivity index (χ0) is 13.8. The minimum absolute atomic E-state index is 0.0663. The molecule has 0 saturated heterocycles. The zero-order valence-electron chi connectivity index (χ0n) is 10.9. The van der Waals surface area contributed by atoms with Crippen LogP contribution in [0.2, 0.25) is 0 Å². The molecular weight excluding hydrogens is 327 g/mol. The third-order valence-electron chi connectivity index (χ3n) is 2.89. The Balaban J connectivity index is 2.26. The molecule has 1 aromatic heterocycles. The SMILES string of the molecule is CCNC(Cc1csc(C)n1)c1cccc(F)c1Br. The van der Waals surface area contributed by atoms with Crippen molar-refractivity contribution >= 4 is 27.3 Å². The second kappa shape index (κ2) is 6.59. The van der Waals surface area contributed by atoms with Crippen molar-refractivity contribution in [2.75, 3.05) is 6.54 Å². The van der Waals surface area contributed by atoms with Crippen molar-refractivity contribution in [2.24, 2.45) is 0 Å². The molecule has 0 amide bonds. The first-order valence-electron chi connectivity index (χ1n) is 6.20. The molecule has 0 fully saturated rings. The average Bonchev–Trinajstić information content (AvgIpc) is 2.78. The van der Waals surface area contributed by atoms with Crippen LogP contribution in [0.25, 0.3) is 0 Å². The maximum atomic E-state index is 13.6. The van der Waals surface area contributed by atoms with E-state index in [0.29, 0.717) is 4.47 Å². The maximum Gasteiger partial charge on any atom is 0.137 e. The van der Waals surface area contributed by atoms with Gasteiger partial charge >= 0.3 is 0 Å². The van der Waals surface area contributed by atoms with E-state index in [4.69, 9.17) is 0 Å². The number of benzene rings is 1. The predicted molar refractivity (Wildman–Crippen MR) is 81.1 cm³/mol. The molecule has 2 nitrogen and oxygen atoms in total. The van der Waals surface area contributed by atoms with Crippen molar-refractivity contribution in [3.8, 4) is 0 Å². The van der Waals surface area contributed by atoms with E-state index in [1.165, 1.54) is 6.07 Å². The summed E-state index contributed by atoms with van der Waals surface area (Å²) in [6.07, 6.45) is 0.764. The molecule has 0 spiro atoms. The number of nitrogens with zero attached hydrogens (tertiary/aromatic N) is 1. The number of likely N-dealkylation sites (N-methyl/N-ethyl adjacent to an activating group) is 1. The lowest BCUT2D eigenvalue weighted by atomic mass is 10.0. The zero-order valence-corrected chi connectivity index (χ0v) is 13.3. The van der Waals surface area contributed by atoms with E-state index in [1.54, 1.807) is 17.4 Å². The monoisotopic (exact) mass is 342 g/mol. The van der Waals surface area contributed by atoms with Gasteiger partial charge in [-0.05, 0) is 41.0 Å². The van der Waals surface area contributed by atoms with Gasteiger partial charge in [0.25, 0.3) is 0 Å². The first kappa shape index (κ1) is 14.6. The molecule has 2 rings (SSSR count). The number of aromatic nitrogens is 1. The fraction of sp³-hybridized carbons (Fsp3) is 0.357. The van der Waals surface area contributed by atoms with Crippen LogP contribution in [0, 0.1) is 12.7 Å². The van der Waals surface area contributed by atoms with Crippen LogP contribution in [0.4, 0.5) is 4.39 Å². The molecule has 1 atom stereocenters. The van der Waals surface area contributed by atoms with E-state index < -0.39 is 0 Å². The van der Waals surface area contributed by atoms with E-state index in [-0.39, 0.29) is 11.9 Å². The Hall–Kier alpha value is -0.780. The minimum atomic E-state index is -0.227. The van der Waals surface area contributed by atoms with Crippen LogP contribution < -0.4 is 5.32 Å². The number of halogens is 2. The van der Waals surface area contributed by atoms with Crippen molar-refractivity contribution in [3.05, 3.63) is 50.1 Å². The van der Waals surface area contributed by atoms with Crippen LogP contribution in [-0.4, -0.2) is 11.5 Å². The topological polar surface area (TPSA) is 24.9 Å². The van der Waals surface area contributed by atoms with E-state index in [0.717, 1.165) is 29.2 Å². The Kier molecular flexibility index (Phi) is 5.07. The molecule has 2 aromatic rings. The summed E-state index contributed by atoms with van der Waals surface area (Å²) in [4.78, 5) is 4.48. The molecule has 19 heavy (non-hydrogen) atoms. The minimum Gasteiger partial charge on any atom is -0.310 e. The smallest absolute Gasteiger partial charge is 0.137 e. The summed E-state index contributed by atoms with van der Waals surface area (Å²) in [6, 6.07) is 5.21. The third-order valence-corrected chi connectivity index (χ3v) is 4.55. The molecule has 102 valence electrons. The number of nitrogens with one attached hydrogen (secondary N) is 1. The Bertz CT molecular complexity index is 556. The van der Waals surface area contributed by atoms with E-state index in [9.17, 15) is 4.39 Å². The summed E-state index contributed by atoms with van der Waals surface area (Å²) in [5.74, 6) is -0.227. The largest absolute Gasteiger partial charge is 0.310 e. The fourth-order valence-corrected chi connectivity index (χ4v) is 3.21. The second-order valence-corrected chi connectivity index (χ2v) is 6.17. The quantitative estimate of drug-likeness (QED) is 0.878. The molecule has 1 aromatic carbocycles. The molecule has 5 heteroatoms. The molecular formula is C14H16BrFN2S. The summed E-state index contributed by atoms with van der Waals surface area (Å²) >= 11 is 4.98. The first-order chi connectivity index (χ1) is 9.11. The van der Waals surface area contributed by atoms with Gasteiger partial charge in [0.15, 0.2) is 0 Å². The lowest BCUT2D eigenvalue weighted by Crippen LogP contribution is -2.23. The van der Waals surface area contributed by atoms with Gasteiger partial charge in [-0.2, -0.15) is 0 Å². The van der Waals surface area contributed by atoms with Crippen LogP contribution in [0.3, 0.4) is 0 Å². The predicted octanol–water partition coefficient (Wildman–Crippen LogP) is 4.25. The summed E-state index contributed by atoms with van der Waals surface area (Å²) < 4.78 is 14.2. The van der Waals surface area contributed by atoms with Gasteiger partial charge in [-0.25, -0.2) is 9.37 Å². The molecule has 0 aliphatic rings. The second-order valence-electron chi connectivity index (χ2n) is 4.32. The van der Waals surface area contributed by atoms with Crippen molar-refractivity contribution in [3.63, 3.8) is 0 Å². The lowest BCUT2D eigenvalue weighted by molar-refractivity contribution is 0.534.